The first-order chi connectivity index (χ1) is 3.71. The van der Waals surface area contributed by atoms with E-state index in [2.05, 4.69) is 4.72 Å². The molecule has 1 aliphatic rings. The summed E-state index contributed by atoms with van der Waals surface area (Å²) in [6, 6.07) is 0. The normalized spacial score (nSPS) is 24.4. The van der Waals surface area contributed by atoms with Crippen molar-refractivity contribution in [2.24, 2.45) is 0 Å². The molecule has 1 saturated heterocycles. The summed E-state index contributed by atoms with van der Waals surface area (Å²) in [6.07, 6.45) is 1.80. The second-order valence-electron chi connectivity index (χ2n) is 1.92. The molecule has 1 N–H and O–H groups in total. The molecule has 0 radical (unpaired) electrons. The van der Waals surface area contributed by atoms with E-state index in [4.69, 9.17) is 0 Å². The standard InChI is InChI=1S/C4H9NO2S.CH4/c6-8(7)4-2-1-3-5-8;/h5H,1-4H2;1H4. The topological polar surface area (TPSA) is 46.2 Å². The fraction of sp³-hybridized carbons (Fsp3) is 1.00. The van der Waals surface area contributed by atoms with Crippen molar-refractivity contribution in [1.29, 1.82) is 0 Å². The van der Waals surface area contributed by atoms with Crippen LogP contribution in [0.3, 0.4) is 0 Å². The summed E-state index contributed by atoms with van der Waals surface area (Å²) >= 11 is 0. The van der Waals surface area contributed by atoms with Gasteiger partial charge in [-0.15, -0.1) is 0 Å². The van der Waals surface area contributed by atoms with Gasteiger partial charge in [-0.05, 0) is 12.8 Å². The van der Waals surface area contributed by atoms with E-state index in [1.165, 1.54) is 0 Å². The minimum atomic E-state index is -2.83. The third-order valence-corrected chi connectivity index (χ3v) is 2.63. The molecule has 1 fully saturated rings. The first-order valence-corrected chi connectivity index (χ1v) is 4.33. The van der Waals surface area contributed by atoms with Crippen LogP contribution in [0.4, 0.5) is 0 Å². The predicted octanol–water partition coefficient (Wildman–Crippen LogP) is 0.336. The maximum absolute atomic E-state index is 10.5. The van der Waals surface area contributed by atoms with Crippen molar-refractivity contribution in [2.75, 3.05) is 12.3 Å². The lowest BCUT2D eigenvalue weighted by Crippen LogP contribution is -2.31. The van der Waals surface area contributed by atoms with Crippen LogP contribution in [0.1, 0.15) is 20.3 Å². The number of nitrogens with one attached hydrogen (secondary N) is 1. The molecule has 0 saturated carbocycles. The molecule has 1 heterocycles. The second kappa shape index (κ2) is 3.17. The van der Waals surface area contributed by atoms with E-state index in [9.17, 15) is 8.42 Å². The van der Waals surface area contributed by atoms with Gasteiger partial charge in [-0.2, -0.15) is 0 Å². The molecule has 56 valence electrons. The van der Waals surface area contributed by atoms with Gasteiger partial charge in [0.05, 0.1) is 5.75 Å². The first-order valence-electron chi connectivity index (χ1n) is 2.68. The van der Waals surface area contributed by atoms with Crippen molar-refractivity contribution in [3.8, 4) is 0 Å². The van der Waals surface area contributed by atoms with Crippen molar-refractivity contribution < 1.29 is 8.42 Å². The van der Waals surface area contributed by atoms with Crippen molar-refractivity contribution in [3.63, 3.8) is 0 Å². The monoisotopic (exact) mass is 151 g/mol. The molecule has 0 aromatic rings. The zero-order valence-electron chi connectivity index (χ0n) is 4.55. The number of sulfonamides is 1. The van der Waals surface area contributed by atoms with E-state index < -0.39 is 10.0 Å². The average Bonchev–Trinajstić information content (AvgIpc) is 1.65. The van der Waals surface area contributed by atoms with Gasteiger partial charge < -0.3 is 0 Å². The smallest absolute Gasteiger partial charge is 0.211 e. The molecule has 0 aliphatic carbocycles. The summed E-state index contributed by atoms with van der Waals surface area (Å²) in [5.74, 6) is 0.312. The second-order valence-corrected chi connectivity index (χ2v) is 3.85. The highest BCUT2D eigenvalue weighted by molar-refractivity contribution is 7.89. The van der Waals surface area contributed by atoms with Crippen LogP contribution in [0.15, 0.2) is 0 Å². The van der Waals surface area contributed by atoms with Crippen LogP contribution in [-0.4, -0.2) is 20.7 Å². The number of hydrogen-bond acceptors (Lipinski definition) is 2. The fourth-order valence-corrected chi connectivity index (χ4v) is 1.90. The van der Waals surface area contributed by atoms with Gasteiger partial charge in [0.2, 0.25) is 10.0 Å². The SMILES string of the molecule is C.O=S1(=O)CCCCN1. The summed E-state index contributed by atoms with van der Waals surface area (Å²) < 4.78 is 23.5. The molecule has 0 spiro atoms. The van der Waals surface area contributed by atoms with Gasteiger partial charge >= 0.3 is 0 Å². The molecular formula is C5H13NO2S. The number of rotatable bonds is 0. The maximum atomic E-state index is 10.5. The minimum absolute atomic E-state index is 0. The number of hydrogen-bond donors (Lipinski definition) is 1. The van der Waals surface area contributed by atoms with E-state index in [1.807, 2.05) is 0 Å². The molecule has 0 bridgehead atoms. The van der Waals surface area contributed by atoms with Gasteiger partial charge in [0.25, 0.3) is 0 Å². The van der Waals surface area contributed by atoms with Crippen LogP contribution in [0.25, 0.3) is 0 Å². The lowest BCUT2D eigenvalue weighted by atomic mass is 10.3. The third-order valence-electron chi connectivity index (χ3n) is 1.16. The largest absolute Gasteiger partial charge is 0.215 e. The van der Waals surface area contributed by atoms with Crippen LogP contribution >= 0.6 is 0 Å². The molecule has 0 atom stereocenters. The van der Waals surface area contributed by atoms with E-state index >= 15 is 0 Å². The molecule has 0 aromatic carbocycles. The van der Waals surface area contributed by atoms with Crippen LogP contribution in [0.2, 0.25) is 0 Å². The van der Waals surface area contributed by atoms with Gasteiger partial charge in [-0.25, -0.2) is 13.1 Å². The van der Waals surface area contributed by atoms with Gasteiger partial charge in [0.1, 0.15) is 0 Å². The Hall–Kier alpha value is -0.0900. The molecule has 1 rings (SSSR count). The predicted molar refractivity (Wildman–Crippen MR) is 37.8 cm³/mol. The van der Waals surface area contributed by atoms with Gasteiger partial charge in [-0.1, -0.05) is 7.43 Å². The quantitative estimate of drug-likeness (QED) is 0.542. The summed E-state index contributed by atoms with van der Waals surface area (Å²) in [7, 11) is -2.83. The Morgan fingerprint density at radius 2 is 1.89 bits per heavy atom. The average molecular weight is 151 g/mol. The highest BCUT2D eigenvalue weighted by atomic mass is 32.2. The van der Waals surface area contributed by atoms with Gasteiger partial charge in [-0.3, -0.25) is 0 Å². The first kappa shape index (κ1) is 8.91. The summed E-state index contributed by atoms with van der Waals surface area (Å²) in [6.45, 7) is 0.627. The molecule has 0 unspecified atom stereocenters. The Morgan fingerprint density at radius 3 is 2.11 bits per heavy atom. The zero-order chi connectivity index (χ0) is 6.04. The summed E-state index contributed by atoms with van der Waals surface area (Å²) in [5.41, 5.74) is 0. The van der Waals surface area contributed by atoms with Crippen molar-refractivity contribution >= 4 is 10.0 Å². The Balaban J connectivity index is 0.000000640. The van der Waals surface area contributed by atoms with Gasteiger partial charge in [0.15, 0.2) is 0 Å². The van der Waals surface area contributed by atoms with E-state index in [0.717, 1.165) is 12.8 Å². The fourth-order valence-electron chi connectivity index (χ4n) is 0.717. The van der Waals surface area contributed by atoms with Crippen LogP contribution in [0.5, 0.6) is 0 Å². The third kappa shape index (κ3) is 2.81. The van der Waals surface area contributed by atoms with Crippen LogP contribution in [-0.2, 0) is 10.0 Å². The minimum Gasteiger partial charge on any atom is -0.215 e. The molecule has 3 nitrogen and oxygen atoms in total. The summed E-state index contributed by atoms with van der Waals surface area (Å²) in [4.78, 5) is 0. The lowest BCUT2D eigenvalue weighted by Gasteiger charge is -2.10. The molecular weight excluding hydrogens is 138 g/mol. The van der Waals surface area contributed by atoms with Crippen LogP contribution < -0.4 is 4.72 Å². The highest BCUT2D eigenvalue weighted by Gasteiger charge is 2.12. The highest BCUT2D eigenvalue weighted by Crippen LogP contribution is 1.99. The van der Waals surface area contributed by atoms with Crippen LogP contribution in [0, 0.1) is 0 Å². The summed E-state index contributed by atoms with van der Waals surface area (Å²) in [5, 5.41) is 0. The molecule has 4 heteroatoms. The molecule has 1 aliphatic heterocycles. The Labute approximate surface area is 56.5 Å². The lowest BCUT2D eigenvalue weighted by molar-refractivity contribution is 0.561. The Kier molecular flexibility index (Phi) is 3.14. The van der Waals surface area contributed by atoms with E-state index in [0.29, 0.717) is 12.3 Å². The molecule has 9 heavy (non-hydrogen) atoms. The van der Waals surface area contributed by atoms with Crippen molar-refractivity contribution in [3.05, 3.63) is 0 Å². The Bertz CT molecular complexity index is 150. The van der Waals surface area contributed by atoms with Crippen molar-refractivity contribution in [1.82, 2.24) is 4.72 Å². The Morgan fingerprint density at radius 1 is 1.22 bits per heavy atom. The molecule has 0 aromatic heterocycles. The van der Waals surface area contributed by atoms with E-state index in [1.54, 1.807) is 0 Å². The zero-order valence-corrected chi connectivity index (χ0v) is 5.37. The maximum Gasteiger partial charge on any atom is 0.211 e. The van der Waals surface area contributed by atoms with E-state index in [-0.39, 0.29) is 7.43 Å². The van der Waals surface area contributed by atoms with Crippen molar-refractivity contribution in [2.45, 2.75) is 20.3 Å². The van der Waals surface area contributed by atoms with Gasteiger partial charge in [0, 0.05) is 6.54 Å². The molecule has 0 amide bonds.